The van der Waals surface area contributed by atoms with Gasteiger partial charge in [0.15, 0.2) is 0 Å². The Bertz CT molecular complexity index is 536. The third-order valence-electron chi connectivity index (χ3n) is 2.80. The number of anilines is 1. The van der Waals surface area contributed by atoms with E-state index >= 15 is 0 Å². The lowest BCUT2D eigenvalue weighted by atomic mass is 10.2. The van der Waals surface area contributed by atoms with Crippen LogP contribution in [0.3, 0.4) is 0 Å². The van der Waals surface area contributed by atoms with Crippen LogP contribution >= 0.6 is 0 Å². The van der Waals surface area contributed by atoms with Crippen LogP contribution in [0.25, 0.3) is 0 Å². The van der Waals surface area contributed by atoms with Crippen LogP contribution in [0.2, 0.25) is 0 Å². The maximum absolute atomic E-state index is 12.4. The maximum atomic E-state index is 12.4. The molecule has 6 nitrogen and oxygen atoms in total. The first-order valence-corrected chi connectivity index (χ1v) is 7.55. The standard InChI is InChI=1S/C17H25NO5/c1-6-22-15(19)13-8-7-9-14(12-13)18(10-11-21-5)16(20)23-17(2,3)4/h7-9,12H,6,10-11H2,1-5H3. The number of amides is 1. The summed E-state index contributed by atoms with van der Waals surface area (Å²) in [4.78, 5) is 25.7. The predicted octanol–water partition coefficient (Wildman–Crippen LogP) is 3.25. The van der Waals surface area contributed by atoms with E-state index in [9.17, 15) is 9.59 Å². The second kappa shape index (κ2) is 8.53. The zero-order chi connectivity index (χ0) is 17.5. The van der Waals surface area contributed by atoms with E-state index in [1.54, 1.807) is 59.1 Å². The molecule has 0 aromatic heterocycles. The number of rotatable bonds is 6. The average molecular weight is 323 g/mol. The van der Waals surface area contributed by atoms with Crippen molar-refractivity contribution in [1.29, 1.82) is 0 Å². The van der Waals surface area contributed by atoms with Gasteiger partial charge in [-0.05, 0) is 45.9 Å². The van der Waals surface area contributed by atoms with E-state index in [0.717, 1.165) is 0 Å². The van der Waals surface area contributed by atoms with Crippen molar-refractivity contribution < 1.29 is 23.8 Å². The fraction of sp³-hybridized carbons (Fsp3) is 0.529. The second-order valence-corrected chi connectivity index (χ2v) is 5.90. The largest absolute Gasteiger partial charge is 0.462 e. The van der Waals surface area contributed by atoms with Crippen LogP contribution in [-0.4, -0.2) is 44.5 Å². The quantitative estimate of drug-likeness (QED) is 0.752. The molecule has 0 saturated heterocycles. The smallest absolute Gasteiger partial charge is 0.414 e. The van der Waals surface area contributed by atoms with Crippen LogP contribution in [0.15, 0.2) is 24.3 Å². The molecule has 0 aliphatic carbocycles. The third kappa shape index (κ3) is 6.28. The lowest BCUT2D eigenvalue weighted by Gasteiger charge is -2.27. The first kappa shape index (κ1) is 19.0. The number of benzene rings is 1. The third-order valence-corrected chi connectivity index (χ3v) is 2.80. The molecule has 0 radical (unpaired) electrons. The number of carbonyl (C=O) groups is 2. The number of esters is 1. The zero-order valence-corrected chi connectivity index (χ0v) is 14.4. The van der Waals surface area contributed by atoms with E-state index < -0.39 is 17.7 Å². The molecule has 6 heteroatoms. The Morgan fingerprint density at radius 2 is 1.91 bits per heavy atom. The minimum absolute atomic E-state index is 0.294. The number of ether oxygens (including phenoxy) is 3. The van der Waals surface area contributed by atoms with Gasteiger partial charge in [-0.25, -0.2) is 9.59 Å². The van der Waals surface area contributed by atoms with Gasteiger partial charge in [-0.1, -0.05) is 6.07 Å². The predicted molar refractivity (Wildman–Crippen MR) is 87.9 cm³/mol. The summed E-state index contributed by atoms with van der Waals surface area (Å²) in [5.41, 5.74) is 0.332. The van der Waals surface area contributed by atoms with Crippen LogP contribution < -0.4 is 4.90 Å². The van der Waals surface area contributed by atoms with Crippen molar-refractivity contribution in [3.05, 3.63) is 29.8 Å². The molecular formula is C17H25NO5. The van der Waals surface area contributed by atoms with Gasteiger partial charge < -0.3 is 14.2 Å². The summed E-state index contributed by atoms with van der Waals surface area (Å²) in [6.45, 7) is 8.10. The first-order chi connectivity index (χ1) is 10.8. The number of carbonyl (C=O) groups excluding carboxylic acids is 2. The van der Waals surface area contributed by atoms with Crippen LogP contribution in [0.1, 0.15) is 38.1 Å². The van der Waals surface area contributed by atoms with Crippen molar-refractivity contribution >= 4 is 17.7 Å². The zero-order valence-electron chi connectivity index (χ0n) is 14.4. The van der Waals surface area contributed by atoms with Gasteiger partial charge in [0.1, 0.15) is 5.60 Å². The van der Waals surface area contributed by atoms with E-state index in [1.807, 2.05) is 0 Å². The van der Waals surface area contributed by atoms with Gasteiger partial charge in [0.2, 0.25) is 0 Å². The molecular weight excluding hydrogens is 298 g/mol. The molecule has 1 rings (SSSR count). The van der Waals surface area contributed by atoms with Gasteiger partial charge >= 0.3 is 12.1 Å². The van der Waals surface area contributed by atoms with Gasteiger partial charge in [0.25, 0.3) is 0 Å². The molecule has 1 aromatic rings. The van der Waals surface area contributed by atoms with Crippen LogP contribution in [0.5, 0.6) is 0 Å². The normalized spacial score (nSPS) is 11.0. The van der Waals surface area contributed by atoms with Crippen molar-refractivity contribution in [3.8, 4) is 0 Å². The summed E-state index contributed by atoms with van der Waals surface area (Å²) in [5.74, 6) is -0.426. The van der Waals surface area contributed by atoms with Gasteiger partial charge in [-0.2, -0.15) is 0 Å². The molecule has 128 valence electrons. The first-order valence-electron chi connectivity index (χ1n) is 7.55. The van der Waals surface area contributed by atoms with Crippen molar-refractivity contribution in [3.63, 3.8) is 0 Å². The van der Waals surface area contributed by atoms with Gasteiger partial charge in [0.05, 0.1) is 25.3 Å². The molecule has 0 aliphatic rings. The average Bonchev–Trinajstić information content (AvgIpc) is 2.46. The minimum atomic E-state index is -0.610. The molecule has 23 heavy (non-hydrogen) atoms. The molecule has 0 aliphatic heterocycles. The highest BCUT2D eigenvalue weighted by molar-refractivity contribution is 5.93. The number of methoxy groups -OCH3 is 1. The summed E-state index contributed by atoms with van der Waals surface area (Å²) in [7, 11) is 1.56. The molecule has 0 saturated carbocycles. The topological polar surface area (TPSA) is 65.1 Å². The Labute approximate surface area is 137 Å². The Kier molecular flexibility index (Phi) is 7.03. The molecule has 0 bridgehead atoms. The Morgan fingerprint density at radius 3 is 2.48 bits per heavy atom. The fourth-order valence-corrected chi connectivity index (χ4v) is 1.84. The highest BCUT2D eigenvalue weighted by Crippen LogP contribution is 2.20. The lowest BCUT2D eigenvalue weighted by Crippen LogP contribution is -2.38. The molecule has 0 fully saturated rings. The lowest BCUT2D eigenvalue weighted by molar-refractivity contribution is 0.0522. The van der Waals surface area contributed by atoms with E-state index in [4.69, 9.17) is 14.2 Å². The summed E-state index contributed by atoms with van der Waals surface area (Å²) >= 11 is 0. The van der Waals surface area contributed by atoms with Crippen LogP contribution in [0.4, 0.5) is 10.5 Å². The molecule has 0 N–H and O–H groups in total. The highest BCUT2D eigenvalue weighted by atomic mass is 16.6. The summed E-state index contributed by atoms with van der Waals surface area (Å²) in [6, 6.07) is 6.69. The molecule has 1 amide bonds. The van der Waals surface area contributed by atoms with E-state index in [1.165, 1.54) is 4.90 Å². The van der Waals surface area contributed by atoms with Gasteiger partial charge in [0, 0.05) is 12.8 Å². The van der Waals surface area contributed by atoms with E-state index in [-0.39, 0.29) is 0 Å². The highest BCUT2D eigenvalue weighted by Gasteiger charge is 2.24. The second-order valence-electron chi connectivity index (χ2n) is 5.90. The summed E-state index contributed by atoms with van der Waals surface area (Å²) in [5, 5.41) is 0. The molecule has 0 unspecified atom stereocenters. The summed E-state index contributed by atoms with van der Waals surface area (Å²) in [6.07, 6.45) is -0.490. The SMILES string of the molecule is CCOC(=O)c1cccc(N(CCOC)C(=O)OC(C)(C)C)c1. The van der Waals surface area contributed by atoms with E-state index in [0.29, 0.717) is 31.0 Å². The van der Waals surface area contributed by atoms with Crippen molar-refractivity contribution in [1.82, 2.24) is 0 Å². The Hall–Kier alpha value is -2.08. The molecule has 0 heterocycles. The Balaban J connectivity index is 3.04. The number of nitrogens with zero attached hydrogens (tertiary/aromatic N) is 1. The van der Waals surface area contributed by atoms with E-state index in [2.05, 4.69) is 0 Å². The van der Waals surface area contributed by atoms with Crippen molar-refractivity contribution in [2.24, 2.45) is 0 Å². The summed E-state index contributed by atoms with van der Waals surface area (Å²) < 4.78 is 15.5. The minimum Gasteiger partial charge on any atom is -0.462 e. The van der Waals surface area contributed by atoms with Crippen molar-refractivity contribution in [2.45, 2.75) is 33.3 Å². The van der Waals surface area contributed by atoms with Gasteiger partial charge in [-0.15, -0.1) is 0 Å². The Morgan fingerprint density at radius 1 is 1.22 bits per heavy atom. The van der Waals surface area contributed by atoms with Crippen LogP contribution in [-0.2, 0) is 14.2 Å². The van der Waals surface area contributed by atoms with Gasteiger partial charge in [-0.3, -0.25) is 4.90 Å². The van der Waals surface area contributed by atoms with Crippen molar-refractivity contribution in [2.75, 3.05) is 31.8 Å². The fourth-order valence-electron chi connectivity index (χ4n) is 1.84. The van der Waals surface area contributed by atoms with Crippen LogP contribution in [0, 0.1) is 0 Å². The maximum Gasteiger partial charge on any atom is 0.414 e. The molecule has 0 spiro atoms. The molecule has 0 atom stereocenters. The monoisotopic (exact) mass is 323 g/mol. The number of hydrogen-bond donors (Lipinski definition) is 0. The number of hydrogen-bond acceptors (Lipinski definition) is 5. The molecule has 1 aromatic carbocycles.